The van der Waals surface area contributed by atoms with Crippen LogP contribution < -0.4 is 127 Å². The number of carbonyl (C=O) groups excluding carboxylic acids is 12. The van der Waals surface area contributed by atoms with Gasteiger partial charge in [0.15, 0.2) is 17.9 Å². The molecule has 0 aliphatic carbocycles. The SMILES string of the molecule is CCCCCCCCCCCCCCCC(=O)NCCCCC(NC(=O)CCCCCCCCCCCCCCC)C(=O)NC(CCCCN)C(=O)NC(CCCCN)C(=O)NCCCCCC(=O)NC(CCCCN)C(=O)NC(CCCN=C(N)N)C(=O)NC(CCCCN)C(=O)NC(CCCN=C(N)N)C(=O)NC(CCCCN)C(=O)NC(CCCN=C(N)N)C(N)=O. The van der Waals surface area contributed by atoms with E-state index in [9.17, 15) is 57.5 Å². The number of unbranched alkanes of at least 4 members (excludes halogenated alkanes) is 32. The average molecular weight is 1840 g/mol. The Bertz CT molecular complexity index is 3130. The number of amides is 12. The van der Waals surface area contributed by atoms with Crippen LogP contribution in [0.1, 0.15) is 373 Å². The fraction of sp³-hybridized carbons (Fsp3) is 0.837. The van der Waals surface area contributed by atoms with Gasteiger partial charge in [-0.1, -0.05) is 174 Å². The molecule has 0 aromatic heterocycles. The van der Waals surface area contributed by atoms with Crippen molar-refractivity contribution in [3.63, 3.8) is 0 Å². The fourth-order valence-electron chi connectivity index (χ4n) is 15.2. The van der Waals surface area contributed by atoms with E-state index in [0.29, 0.717) is 129 Å². The lowest BCUT2D eigenvalue weighted by Crippen LogP contribution is -2.59. The first kappa shape index (κ1) is 121. The molecule has 0 aromatic carbocycles. The number of rotatable bonds is 89. The summed E-state index contributed by atoms with van der Waals surface area (Å²) in [7, 11) is 0. The number of nitrogens with one attached hydrogen (secondary N) is 11. The van der Waals surface area contributed by atoms with Crippen LogP contribution >= 0.6 is 0 Å². The van der Waals surface area contributed by atoms with Crippen molar-refractivity contribution in [1.29, 1.82) is 0 Å². The van der Waals surface area contributed by atoms with Gasteiger partial charge in [0.1, 0.15) is 54.4 Å². The molecule has 0 radical (unpaired) electrons. The monoisotopic (exact) mass is 1840 g/mol. The molecule has 38 nitrogen and oxygen atoms in total. The van der Waals surface area contributed by atoms with Crippen molar-refractivity contribution in [2.75, 3.05) is 65.4 Å². The Morgan fingerprint density at radius 3 is 0.669 bits per heavy atom. The molecule has 12 amide bonds. The van der Waals surface area contributed by atoms with E-state index < -0.39 is 113 Å². The van der Waals surface area contributed by atoms with Crippen LogP contribution in [-0.2, 0) is 57.5 Å². The molecule has 0 aromatic rings. The van der Waals surface area contributed by atoms with Crippen LogP contribution in [0.3, 0.4) is 0 Å². The highest BCUT2D eigenvalue weighted by Crippen LogP contribution is 2.19. The van der Waals surface area contributed by atoms with Gasteiger partial charge in [-0.2, -0.15) is 0 Å². The number of aliphatic imine (C=N–C) groups is 3. The number of primary amides is 1. The molecule has 752 valence electrons. The fourth-order valence-corrected chi connectivity index (χ4v) is 15.2. The van der Waals surface area contributed by atoms with Crippen LogP contribution in [0.4, 0.5) is 0 Å². The zero-order valence-corrected chi connectivity index (χ0v) is 80.0. The van der Waals surface area contributed by atoms with Crippen molar-refractivity contribution in [3.05, 3.63) is 0 Å². The number of guanidine groups is 3. The summed E-state index contributed by atoms with van der Waals surface area (Å²) in [6.45, 7) is 6.80. The molecule has 35 N–H and O–H groups in total. The van der Waals surface area contributed by atoms with Gasteiger partial charge in [-0.05, 0) is 213 Å². The Balaban J connectivity index is 6.55. The summed E-state index contributed by atoms with van der Waals surface area (Å²) in [6, 6.07) is -10.6. The number of carbonyl (C=O) groups is 12. The number of hydrogen-bond acceptors (Lipinski definition) is 20. The maximum atomic E-state index is 14.7. The second-order valence-electron chi connectivity index (χ2n) is 34.8. The van der Waals surface area contributed by atoms with Crippen LogP contribution in [0.5, 0.6) is 0 Å². The van der Waals surface area contributed by atoms with Gasteiger partial charge in [-0.25, -0.2) is 0 Å². The van der Waals surface area contributed by atoms with Crippen molar-refractivity contribution in [2.45, 2.75) is 428 Å². The highest BCUT2D eigenvalue weighted by molar-refractivity contribution is 5.98. The van der Waals surface area contributed by atoms with E-state index in [2.05, 4.69) is 87.3 Å². The lowest BCUT2D eigenvalue weighted by atomic mass is 10.0. The first-order valence-corrected chi connectivity index (χ1v) is 49.9. The topological polar surface area (TPSA) is 686 Å². The summed E-state index contributed by atoms with van der Waals surface area (Å²) in [5.41, 5.74) is 68.4. The summed E-state index contributed by atoms with van der Waals surface area (Å²) < 4.78 is 0. The summed E-state index contributed by atoms with van der Waals surface area (Å²) in [5, 5.41) is 31.3. The van der Waals surface area contributed by atoms with E-state index in [-0.39, 0.29) is 165 Å². The zero-order chi connectivity index (χ0) is 96.4. The minimum Gasteiger partial charge on any atom is -0.370 e. The van der Waals surface area contributed by atoms with Crippen molar-refractivity contribution >= 4 is 88.8 Å². The van der Waals surface area contributed by atoms with E-state index in [0.717, 1.165) is 38.5 Å². The first-order valence-electron chi connectivity index (χ1n) is 49.9. The Labute approximate surface area is 778 Å². The maximum absolute atomic E-state index is 14.7. The zero-order valence-electron chi connectivity index (χ0n) is 80.0. The van der Waals surface area contributed by atoms with Gasteiger partial charge in [0.25, 0.3) is 0 Å². The third kappa shape index (κ3) is 68.3. The molecule has 9 unspecified atom stereocenters. The lowest BCUT2D eigenvalue weighted by molar-refractivity contribution is -0.135. The Morgan fingerprint density at radius 1 is 0.208 bits per heavy atom. The van der Waals surface area contributed by atoms with Crippen LogP contribution in [0.15, 0.2) is 15.0 Å². The Kier molecular flexibility index (Phi) is 77.7. The molecular formula is C92H182N26O12. The van der Waals surface area contributed by atoms with Gasteiger partial charge in [-0.3, -0.25) is 72.5 Å². The van der Waals surface area contributed by atoms with E-state index in [1.165, 1.54) is 122 Å². The van der Waals surface area contributed by atoms with Crippen molar-refractivity contribution in [3.8, 4) is 0 Å². The smallest absolute Gasteiger partial charge is 0.243 e. The van der Waals surface area contributed by atoms with E-state index >= 15 is 0 Å². The van der Waals surface area contributed by atoms with Gasteiger partial charge < -0.3 is 127 Å². The second-order valence-corrected chi connectivity index (χ2v) is 34.8. The third-order valence-electron chi connectivity index (χ3n) is 23.0. The summed E-state index contributed by atoms with van der Waals surface area (Å²) in [6.07, 6.45) is 40.1. The molecule has 130 heavy (non-hydrogen) atoms. The van der Waals surface area contributed by atoms with Gasteiger partial charge in [0, 0.05) is 52.0 Å². The largest absolute Gasteiger partial charge is 0.370 e. The minimum absolute atomic E-state index is 0.00337. The third-order valence-corrected chi connectivity index (χ3v) is 23.0. The summed E-state index contributed by atoms with van der Waals surface area (Å²) in [5.74, 6) is -7.58. The highest BCUT2D eigenvalue weighted by Gasteiger charge is 2.35. The van der Waals surface area contributed by atoms with Crippen molar-refractivity contribution in [1.82, 2.24) is 58.5 Å². The number of hydrogen-bond donors (Lipinski definition) is 23. The Morgan fingerprint density at radius 2 is 0.408 bits per heavy atom. The molecule has 38 heteroatoms. The standard InChI is InChI=1S/C92H182N26O12/c1-3-5-7-9-11-13-15-17-19-21-23-25-28-56-78(119)105-64-43-36-52-72(111-79(120)57-29-26-24-22-20-18-16-14-12-10-8-6-4-2)84(125)114-74(50-34-40-62-96)86(127)113-70(47-31-37-59-93)82(123)106-65-42-27-30-58-80(121)110-71(48-32-38-60-94)83(124)117-76(54-45-67-108-91(101)102)88(129)116-75(51-35-41-63-97)87(128)118-77(55-46-68-109-92(103)104)89(130)115-73(49-33-39-61-95)85(126)112-69(81(98)122)53-44-66-107-90(99)100/h69-77H,3-68,93-97H2,1-2H3,(H2,98,122)(H,105,119)(H,106,123)(H,110,121)(H,111,120)(H,112,126)(H,113,127)(H,114,125)(H,115,130)(H,116,129)(H,117,124)(H,118,128)(H4,99,100,107)(H4,101,102,108)(H4,103,104,109). The maximum Gasteiger partial charge on any atom is 0.243 e. The van der Waals surface area contributed by atoms with Gasteiger partial charge in [0.2, 0.25) is 70.9 Å². The Hall–Kier alpha value is -8.75. The molecular weight excluding hydrogens is 1660 g/mol. The molecule has 0 fully saturated rings. The van der Waals surface area contributed by atoms with Gasteiger partial charge in [0.05, 0.1) is 0 Å². The summed E-state index contributed by atoms with van der Waals surface area (Å²) >= 11 is 0. The molecule has 0 aliphatic rings. The number of nitrogens with zero attached hydrogens (tertiary/aromatic N) is 3. The van der Waals surface area contributed by atoms with Crippen LogP contribution in [0, 0.1) is 0 Å². The minimum atomic E-state index is -1.36. The molecule has 0 saturated heterocycles. The van der Waals surface area contributed by atoms with E-state index in [4.69, 9.17) is 68.8 Å². The molecule has 0 rings (SSSR count). The van der Waals surface area contributed by atoms with E-state index in [1.807, 2.05) is 0 Å². The van der Waals surface area contributed by atoms with E-state index in [1.54, 1.807) is 0 Å². The molecule has 9 atom stereocenters. The first-order chi connectivity index (χ1) is 62.7. The quantitative estimate of drug-likeness (QED) is 0.0225. The van der Waals surface area contributed by atoms with Crippen molar-refractivity contribution in [2.24, 2.45) is 83.8 Å². The second kappa shape index (κ2) is 83.3. The predicted molar refractivity (Wildman–Crippen MR) is 520 cm³/mol. The van der Waals surface area contributed by atoms with Crippen LogP contribution in [0.2, 0.25) is 0 Å². The van der Waals surface area contributed by atoms with Crippen LogP contribution in [-0.4, -0.2) is 209 Å². The molecule has 0 saturated carbocycles. The highest BCUT2D eigenvalue weighted by atomic mass is 16.2. The molecule has 0 heterocycles. The number of nitrogens with two attached hydrogens (primary N) is 12. The average Bonchev–Trinajstić information content (AvgIpc) is 0.886. The van der Waals surface area contributed by atoms with Gasteiger partial charge in [-0.15, -0.1) is 0 Å². The molecule has 0 aliphatic heterocycles. The molecule has 0 bridgehead atoms. The predicted octanol–water partition coefficient (Wildman–Crippen LogP) is 4.57. The lowest BCUT2D eigenvalue weighted by Gasteiger charge is -2.28. The molecule has 0 spiro atoms. The normalized spacial score (nSPS) is 13.2. The van der Waals surface area contributed by atoms with Crippen LogP contribution in [0.25, 0.3) is 0 Å². The van der Waals surface area contributed by atoms with Crippen molar-refractivity contribution < 1.29 is 57.5 Å². The summed E-state index contributed by atoms with van der Waals surface area (Å²) in [4.78, 5) is 180. The van der Waals surface area contributed by atoms with Gasteiger partial charge >= 0.3 is 0 Å².